The number of carbonyl (C=O) groups excluding carboxylic acids is 1. The van der Waals surface area contributed by atoms with Gasteiger partial charge in [0.05, 0.1) is 20.3 Å². The van der Waals surface area contributed by atoms with E-state index >= 15 is 0 Å². The first kappa shape index (κ1) is 17.1. The summed E-state index contributed by atoms with van der Waals surface area (Å²) in [4.78, 5) is 14.9. The molecule has 24 heavy (non-hydrogen) atoms. The normalized spacial score (nSPS) is 26.6. The Kier molecular flexibility index (Phi) is 5.29. The first-order chi connectivity index (χ1) is 11.6. The Bertz CT molecular complexity index is 590. The molecule has 3 atom stereocenters. The number of rotatable bonds is 5. The van der Waals surface area contributed by atoms with Crippen LogP contribution in [0.5, 0.6) is 11.5 Å². The van der Waals surface area contributed by atoms with E-state index in [9.17, 15) is 4.79 Å². The molecule has 1 saturated carbocycles. The summed E-state index contributed by atoms with van der Waals surface area (Å²) in [6.45, 7) is 0.820. The topological polar surface area (TPSA) is 64.8 Å². The molecule has 1 saturated heterocycles. The van der Waals surface area contributed by atoms with Crippen molar-refractivity contribution in [3.63, 3.8) is 0 Å². The van der Waals surface area contributed by atoms with E-state index in [4.69, 9.17) is 15.2 Å². The molecule has 2 fully saturated rings. The summed E-state index contributed by atoms with van der Waals surface area (Å²) < 4.78 is 10.8. The molecule has 1 aromatic carbocycles. The van der Waals surface area contributed by atoms with Crippen LogP contribution in [0.2, 0.25) is 0 Å². The maximum Gasteiger partial charge on any atom is 0.223 e. The van der Waals surface area contributed by atoms with E-state index in [0.29, 0.717) is 12.3 Å². The standard InChI is InChI=1S/C19H28N2O3/c1-23-14-8-9-15(18(12-14)24-2)17-7-4-10-21(17)19(22)11-13-5-3-6-16(13)20/h8-9,12-13,16-17H,3-7,10-11,20H2,1-2H3/t13-,16+,17?/m0/s1. The minimum atomic E-state index is 0.0935. The highest BCUT2D eigenvalue weighted by atomic mass is 16.5. The lowest BCUT2D eigenvalue weighted by Crippen LogP contribution is -2.35. The Hall–Kier alpha value is -1.75. The van der Waals surface area contributed by atoms with E-state index in [1.165, 1.54) is 0 Å². The summed E-state index contributed by atoms with van der Waals surface area (Å²) in [5.74, 6) is 2.13. The second kappa shape index (κ2) is 7.43. The van der Waals surface area contributed by atoms with Crippen molar-refractivity contribution >= 4 is 5.91 Å². The first-order valence-electron chi connectivity index (χ1n) is 8.91. The largest absolute Gasteiger partial charge is 0.497 e. The zero-order chi connectivity index (χ0) is 17.1. The molecule has 0 radical (unpaired) electrons. The van der Waals surface area contributed by atoms with Gasteiger partial charge in [-0.2, -0.15) is 0 Å². The number of hydrogen-bond donors (Lipinski definition) is 1. The third kappa shape index (κ3) is 3.36. The molecule has 2 N–H and O–H groups in total. The number of hydrogen-bond acceptors (Lipinski definition) is 4. The van der Waals surface area contributed by atoms with Crippen molar-refractivity contribution in [1.29, 1.82) is 0 Å². The van der Waals surface area contributed by atoms with Gasteiger partial charge in [0.25, 0.3) is 0 Å². The maximum absolute atomic E-state index is 12.9. The Morgan fingerprint density at radius 2 is 2.04 bits per heavy atom. The van der Waals surface area contributed by atoms with Crippen molar-refractivity contribution in [2.45, 2.75) is 50.6 Å². The van der Waals surface area contributed by atoms with Crippen LogP contribution in [0.3, 0.4) is 0 Å². The molecule has 132 valence electrons. The fourth-order valence-corrected chi connectivity index (χ4v) is 4.14. The monoisotopic (exact) mass is 332 g/mol. The van der Waals surface area contributed by atoms with Gasteiger partial charge in [0.15, 0.2) is 0 Å². The van der Waals surface area contributed by atoms with Gasteiger partial charge in [0.2, 0.25) is 5.91 Å². The molecule has 5 heteroatoms. The van der Waals surface area contributed by atoms with E-state index in [1.54, 1.807) is 14.2 Å². The molecule has 1 aliphatic heterocycles. The second-order valence-electron chi connectivity index (χ2n) is 6.91. The average Bonchev–Trinajstić information content (AvgIpc) is 3.23. The summed E-state index contributed by atoms with van der Waals surface area (Å²) in [5, 5.41) is 0. The smallest absolute Gasteiger partial charge is 0.223 e. The van der Waals surface area contributed by atoms with Gasteiger partial charge in [-0.1, -0.05) is 6.42 Å². The number of nitrogens with zero attached hydrogens (tertiary/aromatic N) is 1. The summed E-state index contributed by atoms with van der Waals surface area (Å²) >= 11 is 0. The van der Waals surface area contributed by atoms with Crippen molar-refractivity contribution < 1.29 is 14.3 Å². The van der Waals surface area contributed by atoms with Crippen molar-refractivity contribution in [2.24, 2.45) is 11.7 Å². The van der Waals surface area contributed by atoms with Gasteiger partial charge in [0, 0.05) is 30.6 Å². The van der Waals surface area contributed by atoms with Crippen LogP contribution < -0.4 is 15.2 Å². The number of amides is 1. The predicted octanol–water partition coefficient (Wildman–Crippen LogP) is 2.88. The maximum atomic E-state index is 12.9. The van der Waals surface area contributed by atoms with Crippen LogP contribution in [0, 0.1) is 5.92 Å². The van der Waals surface area contributed by atoms with Gasteiger partial charge in [-0.25, -0.2) is 0 Å². The molecule has 3 rings (SSSR count). The Morgan fingerprint density at radius 1 is 1.21 bits per heavy atom. The Labute approximate surface area is 144 Å². The zero-order valence-corrected chi connectivity index (χ0v) is 14.7. The van der Waals surface area contributed by atoms with E-state index < -0.39 is 0 Å². The van der Waals surface area contributed by atoms with E-state index in [1.807, 2.05) is 23.1 Å². The third-order valence-electron chi connectivity index (χ3n) is 5.53. The quantitative estimate of drug-likeness (QED) is 0.900. The van der Waals surface area contributed by atoms with Crippen LogP contribution in [-0.2, 0) is 4.79 Å². The van der Waals surface area contributed by atoms with Crippen molar-refractivity contribution in [2.75, 3.05) is 20.8 Å². The fourth-order valence-electron chi connectivity index (χ4n) is 4.14. The molecule has 1 aromatic rings. The lowest BCUT2D eigenvalue weighted by molar-refractivity contribution is -0.133. The number of methoxy groups -OCH3 is 2. The zero-order valence-electron chi connectivity index (χ0n) is 14.7. The van der Waals surface area contributed by atoms with E-state index in [2.05, 4.69) is 0 Å². The lowest BCUT2D eigenvalue weighted by Gasteiger charge is -2.28. The Balaban J connectivity index is 1.76. The van der Waals surface area contributed by atoms with Gasteiger partial charge in [-0.15, -0.1) is 0 Å². The molecule has 1 unspecified atom stereocenters. The molecular weight excluding hydrogens is 304 g/mol. The van der Waals surface area contributed by atoms with E-state index in [0.717, 1.165) is 55.7 Å². The number of likely N-dealkylation sites (tertiary alicyclic amines) is 1. The van der Waals surface area contributed by atoms with Crippen LogP contribution in [0.4, 0.5) is 0 Å². The van der Waals surface area contributed by atoms with Crippen molar-refractivity contribution in [1.82, 2.24) is 4.90 Å². The molecule has 1 heterocycles. The highest BCUT2D eigenvalue weighted by Gasteiger charge is 2.34. The van der Waals surface area contributed by atoms with Gasteiger partial charge >= 0.3 is 0 Å². The molecule has 5 nitrogen and oxygen atoms in total. The van der Waals surface area contributed by atoms with Crippen LogP contribution in [0.1, 0.15) is 50.1 Å². The molecule has 0 aromatic heterocycles. The number of ether oxygens (including phenoxy) is 2. The molecule has 0 bridgehead atoms. The SMILES string of the molecule is COc1ccc(C2CCCN2C(=O)C[C@@H]2CCC[C@H]2N)c(OC)c1. The number of carbonyl (C=O) groups is 1. The van der Waals surface area contributed by atoms with Gasteiger partial charge < -0.3 is 20.1 Å². The first-order valence-corrected chi connectivity index (χ1v) is 8.91. The summed E-state index contributed by atoms with van der Waals surface area (Å²) in [6, 6.07) is 6.13. The number of nitrogens with two attached hydrogens (primary N) is 1. The minimum absolute atomic E-state index is 0.0935. The van der Waals surface area contributed by atoms with Crippen molar-refractivity contribution in [3.05, 3.63) is 23.8 Å². The summed E-state index contributed by atoms with van der Waals surface area (Å²) in [7, 11) is 3.31. The minimum Gasteiger partial charge on any atom is -0.497 e. The molecule has 1 aliphatic carbocycles. The van der Waals surface area contributed by atoms with Crippen molar-refractivity contribution in [3.8, 4) is 11.5 Å². The van der Waals surface area contributed by atoms with Gasteiger partial charge in [-0.3, -0.25) is 4.79 Å². The van der Waals surface area contributed by atoms with Crippen LogP contribution in [0.25, 0.3) is 0 Å². The molecule has 1 amide bonds. The van der Waals surface area contributed by atoms with Gasteiger partial charge in [0.1, 0.15) is 11.5 Å². The van der Waals surface area contributed by atoms with Gasteiger partial charge in [-0.05, 0) is 43.7 Å². The third-order valence-corrected chi connectivity index (χ3v) is 5.53. The van der Waals surface area contributed by atoms with Crippen LogP contribution in [-0.4, -0.2) is 37.6 Å². The Morgan fingerprint density at radius 3 is 2.71 bits per heavy atom. The molecule has 2 aliphatic rings. The molecular formula is C19H28N2O3. The summed E-state index contributed by atoms with van der Waals surface area (Å²) in [6.07, 6.45) is 5.86. The second-order valence-corrected chi connectivity index (χ2v) is 6.91. The predicted molar refractivity (Wildman–Crippen MR) is 93.2 cm³/mol. The highest BCUT2D eigenvalue weighted by Crippen LogP contribution is 2.39. The number of benzene rings is 1. The van der Waals surface area contributed by atoms with Crippen LogP contribution in [0.15, 0.2) is 18.2 Å². The van der Waals surface area contributed by atoms with Crippen LogP contribution >= 0.6 is 0 Å². The summed E-state index contributed by atoms with van der Waals surface area (Å²) in [5.41, 5.74) is 7.21. The average molecular weight is 332 g/mol. The highest BCUT2D eigenvalue weighted by molar-refractivity contribution is 5.77. The van der Waals surface area contributed by atoms with E-state index in [-0.39, 0.29) is 18.0 Å². The fraction of sp³-hybridized carbons (Fsp3) is 0.632. The molecule has 0 spiro atoms. The lowest BCUT2D eigenvalue weighted by atomic mass is 9.98.